The zero-order valence-electron chi connectivity index (χ0n) is 10.0. The van der Waals surface area contributed by atoms with E-state index >= 15 is 0 Å². The van der Waals surface area contributed by atoms with E-state index < -0.39 is 26.4 Å². The van der Waals surface area contributed by atoms with E-state index in [4.69, 9.17) is 14.9 Å². The average Bonchev–Trinajstić information content (AvgIpc) is 2.03. The molecular formula is C7H22N3O5P. The summed E-state index contributed by atoms with van der Waals surface area (Å²) in [5.41, 5.74) is 0. The number of hydrogen-bond donors (Lipinski definition) is 6. The summed E-state index contributed by atoms with van der Waals surface area (Å²) in [6, 6.07) is 0. The first-order valence-electron chi connectivity index (χ1n) is 4.39. The Morgan fingerprint density at radius 3 is 1.62 bits per heavy atom. The van der Waals surface area contributed by atoms with Crippen molar-refractivity contribution in [2.24, 2.45) is 0 Å². The highest BCUT2D eigenvalue weighted by Crippen LogP contribution is 2.31. The summed E-state index contributed by atoms with van der Waals surface area (Å²) in [6.07, 6.45) is -0.598. The summed E-state index contributed by atoms with van der Waals surface area (Å²) in [4.78, 5) is 26.1. The number of carboxylic acid groups (broad SMARTS) is 1. The first kappa shape index (κ1) is 20.9. The SMILES string of the molecule is CNC.CNC.O=C(O)CNCP(=O)(O)O. The molecular weight excluding hydrogens is 237 g/mol. The first-order valence-corrected chi connectivity index (χ1v) is 6.18. The van der Waals surface area contributed by atoms with Gasteiger partial charge in [-0.1, -0.05) is 0 Å². The molecule has 0 aromatic rings. The number of carbonyl (C=O) groups is 1. The maximum atomic E-state index is 10.1. The molecule has 0 fully saturated rings. The fourth-order valence-corrected chi connectivity index (χ4v) is 0.712. The quantitative estimate of drug-likeness (QED) is 0.335. The number of nitrogens with one attached hydrogen (secondary N) is 3. The highest BCUT2D eigenvalue weighted by molar-refractivity contribution is 7.51. The summed E-state index contributed by atoms with van der Waals surface area (Å²) in [7, 11) is 3.40. The van der Waals surface area contributed by atoms with E-state index in [2.05, 4.69) is 16.0 Å². The van der Waals surface area contributed by atoms with Gasteiger partial charge in [0, 0.05) is 0 Å². The maximum absolute atomic E-state index is 10.1. The highest BCUT2D eigenvalue weighted by Gasteiger charge is 2.11. The minimum atomic E-state index is -4.10. The summed E-state index contributed by atoms with van der Waals surface area (Å²) in [6.45, 7) is -0.439. The van der Waals surface area contributed by atoms with Crippen molar-refractivity contribution in [3.8, 4) is 0 Å². The molecule has 0 atom stereocenters. The van der Waals surface area contributed by atoms with Gasteiger partial charge < -0.3 is 25.5 Å². The van der Waals surface area contributed by atoms with Crippen molar-refractivity contribution < 1.29 is 24.3 Å². The van der Waals surface area contributed by atoms with E-state index in [9.17, 15) is 9.36 Å². The van der Waals surface area contributed by atoms with E-state index in [-0.39, 0.29) is 0 Å². The molecule has 0 heterocycles. The Balaban J connectivity index is -0.000000235. The largest absolute Gasteiger partial charge is 0.480 e. The van der Waals surface area contributed by atoms with Crippen LogP contribution in [0.4, 0.5) is 0 Å². The molecule has 16 heavy (non-hydrogen) atoms. The first-order chi connectivity index (χ1) is 7.24. The van der Waals surface area contributed by atoms with Crippen molar-refractivity contribution >= 4 is 13.6 Å². The number of rotatable bonds is 4. The Morgan fingerprint density at radius 1 is 1.12 bits per heavy atom. The van der Waals surface area contributed by atoms with Crippen LogP contribution in [0.1, 0.15) is 0 Å². The lowest BCUT2D eigenvalue weighted by atomic mass is 10.7. The molecule has 6 N–H and O–H groups in total. The molecule has 0 amide bonds. The smallest absolute Gasteiger partial charge is 0.339 e. The Bertz CT molecular complexity index is 194. The van der Waals surface area contributed by atoms with Gasteiger partial charge in [-0.05, 0) is 28.2 Å². The van der Waals surface area contributed by atoms with E-state index in [0.29, 0.717) is 0 Å². The third-order valence-corrected chi connectivity index (χ3v) is 1.23. The van der Waals surface area contributed by atoms with Crippen LogP contribution in [0.3, 0.4) is 0 Å². The number of carboxylic acids is 1. The summed E-state index contributed by atoms with van der Waals surface area (Å²) >= 11 is 0. The summed E-state index contributed by atoms with van der Waals surface area (Å²) < 4.78 is 10.1. The van der Waals surface area contributed by atoms with Crippen molar-refractivity contribution in [2.75, 3.05) is 41.0 Å². The monoisotopic (exact) mass is 259 g/mol. The van der Waals surface area contributed by atoms with Crippen molar-refractivity contribution in [3.05, 3.63) is 0 Å². The third-order valence-electron chi connectivity index (χ3n) is 0.594. The fraction of sp³-hybridized carbons (Fsp3) is 0.857. The second kappa shape index (κ2) is 14.5. The van der Waals surface area contributed by atoms with Gasteiger partial charge in [0.2, 0.25) is 0 Å². The summed E-state index contributed by atoms with van der Waals surface area (Å²) in [5, 5.41) is 15.6. The van der Waals surface area contributed by atoms with Gasteiger partial charge in [0.05, 0.1) is 12.8 Å². The third kappa shape index (κ3) is 49.9. The molecule has 0 aromatic carbocycles. The lowest BCUT2D eigenvalue weighted by Gasteiger charge is -2.02. The molecule has 0 unspecified atom stereocenters. The summed E-state index contributed by atoms with van der Waals surface area (Å²) in [5.74, 6) is -1.14. The van der Waals surface area contributed by atoms with Gasteiger partial charge in [-0.2, -0.15) is 0 Å². The lowest BCUT2D eigenvalue weighted by molar-refractivity contribution is -0.135. The van der Waals surface area contributed by atoms with Gasteiger partial charge in [-0.25, -0.2) is 0 Å². The number of hydrogen-bond acceptors (Lipinski definition) is 5. The van der Waals surface area contributed by atoms with Crippen LogP contribution >= 0.6 is 7.60 Å². The van der Waals surface area contributed by atoms with Crippen molar-refractivity contribution in [3.63, 3.8) is 0 Å². The molecule has 0 rings (SSSR count). The molecule has 0 aromatic heterocycles. The molecule has 0 bridgehead atoms. The van der Waals surface area contributed by atoms with Crippen LogP contribution in [0.25, 0.3) is 0 Å². The normalized spacial score (nSPS) is 9.38. The molecule has 0 saturated carbocycles. The van der Waals surface area contributed by atoms with Gasteiger partial charge in [-0.3, -0.25) is 14.7 Å². The molecule has 0 aliphatic heterocycles. The zero-order valence-corrected chi connectivity index (χ0v) is 10.9. The van der Waals surface area contributed by atoms with Gasteiger partial charge in [0.1, 0.15) is 0 Å². The highest BCUT2D eigenvalue weighted by atomic mass is 31.2. The zero-order chi connectivity index (χ0) is 13.6. The lowest BCUT2D eigenvalue weighted by Crippen LogP contribution is -2.23. The van der Waals surface area contributed by atoms with Gasteiger partial charge in [-0.15, -0.1) is 0 Å². The van der Waals surface area contributed by atoms with Gasteiger partial charge in [0.25, 0.3) is 0 Å². The Morgan fingerprint density at radius 2 is 1.44 bits per heavy atom. The molecule has 0 aliphatic rings. The van der Waals surface area contributed by atoms with E-state index in [1.807, 2.05) is 28.2 Å². The fourth-order valence-electron chi connectivity index (χ4n) is 0.308. The molecule has 0 saturated heterocycles. The Kier molecular flexibility index (Phi) is 18.9. The van der Waals surface area contributed by atoms with E-state index in [1.54, 1.807) is 0 Å². The molecule has 0 aliphatic carbocycles. The second-order valence-electron chi connectivity index (χ2n) is 2.64. The van der Waals surface area contributed by atoms with Crippen molar-refractivity contribution in [1.82, 2.24) is 16.0 Å². The predicted molar refractivity (Wildman–Crippen MR) is 62.5 cm³/mol. The van der Waals surface area contributed by atoms with E-state index in [0.717, 1.165) is 0 Å². The minimum Gasteiger partial charge on any atom is -0.480 e. The molecule has 0 spiro atoms. The molecule has 0 radical (unpaired) electrons. The van der Waals surface area contributed by atoms with Gasteiger partial charge in [0.15, 0.2) is 0 Å². The standard InChI is InChI=1S/C3H8NO5P.2C2H7N/c5-3(6)1-4-2-10(7,8)9;2*1-3-2/h4H,1-2H2,(H,5,6)(H2,7,8,9);2*3H,1-2H3. The van der Waals surface area contributed by atoms with Gasteiger partial charge >= 0.3 is 13.6 Å². The van der Waals surface area contributed by atoms with Crippen molar-refractivity contribution in [2.45, 2.75) is 0 Å². The van der Waals surface area contributed by atoms with Crippen LogP contribution in [-0.2, 0) is 9.36 Å². The minimum absolute atomic E-state index is 0.439. The number of aliphatic carboxylic acids is 1. The maximum Gasteiger partial charge on any atom is 0.339 e. The Hall–Kier alpha value is -0.500. The van der Waals surface area contributed by atoms with Crippen LogP contribution in [0, 0.1) is 0 Å². The van der Waals surface area contributed by atoms with E-state index in [1.165, 1.54) is 0 Å². The molecule has 100 valence electrons. The van der Waals surface area contributed by atoms with Crippen LogP contribution in [0.2, 0.25) is 0 Å². The topological polar surface area (TPSA) is 131 Å². The van der Waals surface area contributed by atoms with Crippen LogP contribution in [-0.4, -0.2) is 61.9 Å². The van der Waals surface area contributed by atoms with Crippen LogP contribution in [0.5, 0.6) is 0 Å². The Labute approximate surface area is 95.6 Å². The van der Waals surface area contributed by atoms with Crippen LogP contribution in [0.15, 0.2) is 0 Å². The second-order valence-corrected chi connectivity index (χ2v) is 4.29. The molecule has 9 heteroatoms. The van der Waals surface area contributed by atoms with Crippen LogP contribution < -0.4 is 16.0 Å². The predicted octanol–water partition coefficient (Wildman–Crippen LogP) is -1.53. The van der Waals surface area contributed by atoms with Crippen molar-refractivity contribution in [1.29, 1.82) is 0 Å². The average molecular weight is 259 g/mol. The molecule has 8 nitrogen and oxygen atoms in total.